The second-order valence-electron chi connectivity index (χ2n) is 19.0. The molecule has 1 amide bonds. The van der Waals surface area contributed by atoms with Gasteiger partial charge in [-0.3, -0.25) is 9.69 Å². The lowest BCUT2D eigenvalue weighted by Crippen LogP contribution is -2.70. The van der Waals surface area contributed by atoms with E-state index in [1.807, 2.05) is 18.7 Å². The molecule has 4 bridgehead atoms. The van der Waals surface area contributed by atoms with Crippen molar-refractivity contribution in [3.63, 3.8) is 0 Å². The maximum atomic E-state index is 12.2. The Hall–Kier alpha value is -0.890. The quantitative estimate of drug-likeness (QED) is 0.303. The number of hydrogen-bond acceptors (Lipinski definition) is 10. The summed E-state index contributed by atoms with van der Waals surface area (Å²) in [6, 6.07) is 0. The molecule has 11 fully saturated rings. The molecule has 0 aromatic rings. The summed E-state index contributed by atoms with van der Waals surface area (Å²) in [7, 11) is 0. The first kappa shape index (κ1) is 35.8. The van der Waals surface area contributed by atoms with Gasteiger partial charge in [-0.25, -0.2) is 19.6 Å². The molecule has 288 valence electrons. The van der Waals surface area contributed by atoms with Crippen LogP contribution in [0.5, 0.6) is 0 Å². The van der Waals surface area contributed by atoms with Crippen LogP contribution in [0, 0.1) is 53.3 Å². The van der Waals surface area contributed by atoms with Crippen LogP contribution < -0.4 is 0 Å². The van der Waals surface area contributed by atoms with Gasteiger partial charge in [-0.15, -0.1) is 0 Å². The van der Waals surface area contributed by atoms with Crippen LogP contribution in [-0.4, -0.2) is 96.0 Å². The predicted octanol–water partition coefficient (Wildman–Crippen LogP) is 6.05. The third kappa shape index (κ3) is 5.63. The van der Waals surface area contributed by atoms with Crippen LogP contribution in [-0.2, 0) is 43.3 Å². The van der Waals surface area contributed by atoms with Gasteiger partial charge in [0.05, 0.1) is 12.2 Å². The molecule has 3 unspecified atom stereocenters. The highest BCUT2D eigenvalue weighted by molar-refractivity contribution is 5.73. The van der Waals surface area contributed by atoms with Crippen LogP contribution in [0.15, 0.2) is 0 Å². The molecule has 9 aliphatic heterocycles. The first-order chi connectivity index (χ1) is 24.3. The van der Waals surface area contributed by atoms with Gasteiger partial charge in [0.25, 0.3) is 0 Å². The number of ether oxygens (including phenoxy) is 4. The maximum absolute atomic E-state index is 12.2. The van der Waals surface area contributed by atoms with Crippen molar-refractivity contribution in [2.45, 2.75) is 160 Å². The van der Waals surface area contributed by atoms with Gasteiger partial charge < -0.3 is 23.8 Å². The standard InChI is InChI=1S/C40H64N2O9/c1-23-8-10-31-25(3)33(44-35-39(31)29(23)12-14-37(6,46-35)48-50-39)20-28(22-41-16-18-42(19-17-41)27(5)43)21-34-26(4)32-11-9-24(2)30-13-15-38(7)47-36(45-34)40(30,32)51-49-38/h23-26,28-36H,8-22H2,1-7H3/t23-,24+,25-,26+,28?,29+,30-,31+,32-,33?,34?,35+,36-,37-,38+,39-,40+. The minimum absolute atomic E-state index is 0.0284. The van der Waals surface area contributed by atoms with Gasteiger partial charge in [-0.05, 0) is 107 Å². The van der Waals surface area contributed by atoms with E-state index in [9.17, 15) is 4.79 Å². The van der Waals surface area contributed by atoms with E-state index in [4.69, 9.17) is 38.5 Å². The predicted molar refractivity (Wildman–Crippen MR) is 185 cm³/mol. The van der Waals surface area contributed by atoms with Crippen molar-refractivity contribution in [3.8, 4) is 0 Å². The van der Waals surface area contributed by atoms with Crippen molar-refractivity contribution in [1.82, 2.24) is 9.80 Å². The van der Waals surface area contributed by atoms with Gasteiger partial charge in [0, 0.05) is 64.3 Å². The molecule has 0 aromatic carbocycles. The van der Waals surface area contributed by atoms with Crippen molar-refractivity contribution in [3.05, 3.63) is 0 Å². The molecule has 2 spiro atoms. The van der Waals surface area contributed by atoms with Gasteiger partial charge in [-0.1, -0.05) is 27.7 Å². The SMILES string of the molecule is CC(=O)N1CCN(CC(CC2O[C@@H]3O[C@]4(C)CC[C@@H]5[C@@H](C)CC[C@H]([C@@H]2C)[C@]35OO4)CC2O[C@H]3O[C@@]4(C)CC[C@H]5[C@H](C)CC[C@@H]([C@H]2C)[C@@]35OO4)CC1. The average Bonchev–Trinajstić information content (AvgIpc) is 3.47. The number of piperazine rings is 1. The molecule has 11 nitrogen and oxygen atoms in total. The Morgan fingerprint density at radius 1 is 0.647 bits per heavy atom. The highest BCUT2D eigenvalue weighted by Crippen LogP contribution is 2.63. The molecule has 9 heterocycles. The fourth-order valence-electron chi connectivity index (χ4n) is 13.0. The maximum Gasteiger partial charge on any atom is 0.219 e. The van der Waals surface area contributed by atoms with Crippen LogP contribution in [0.25, 0.3) is 0 Å². The first-order valence-corrected chi connectivity index (χ1v) is 20.7. The van der Waals surface area contributed by atoms with Crippen LogP contribution in [0.4, 0.5) is 0 Å². The molecule has 0 radical (unpaired) electrons. The molecule has 9 saturated heterocycles. The van der Waals surface area contributed by atoms with Gasteiger partial charge in [0.15, 0.2) is 23.8 Å². The average molecular weight is 717 g/mol. The highest BCUT2D eigenvalue weighted by Gasteiger charge is 2.71. The number of nitrogens with zero attached hydrogens (tertiary/aromatic N) is 2. The summed E-state index contributed by atoms with van der Waals surface area (Å²) in [6.45, 7) is 19.5. The molecule has 11 aliphatic rings. The van der Waals surface area contributed by atoms with Crippen molar-refractivity contribution < 1.29 is 43.3 Å². The monoisotopic (exact) mass is 716 g/mol. The minimum atomic E-state index is -0.782. The fraction of sp³-hybridized carbons (Fsp3) is 0.975. The second kappa shape index (κ2) is 12.8. The summed E-state index contributed by atoms with van der Waals surface area (Å²) < 4.78 is 27.9. The molecule has 2 saturated carbocycles. The molecule has 11 heteroatoms. The summed E-state index contributed by atoms with van der Waals surface area (Å²) in [6.07, 6.45) is 9.35. The molecule has 0 aromatic heterocycles. The summed E-state index contributed by atoms with van der Waals surface area (Å²) in [4.78, 5) is 41.9. The molecule has 11 rings (SSSR count). The molecule has 51 heavy (non-hydrogen) atoms. The summed E-state index contributed by atoms with van der Waals surface area (Å²) in [5.41, 5.74) is -1.11. The summed E-state index contributed by atoms with van der Waals surface area (Å²) >= 11 is 0. The van der Waals surface area contributed by atoms with Crippen LogP contribution in [0.3, 0.4) is 0 Å². The molecule has 0 N–H and O–H groups in total. The smallest absolute Gasteiger partial charge is 0.219 e. The Morgan fingerprint density at radius 2 is 1.12 bits per heavy atom. The fourth-order valence-corrected chi connectivity index (χ4v) is 13.0. The Bertz CT molecular complexity index is 1250. The van der Waals surface area contributed by atoms with Crippen LogP contribution in [0.2, 0.25) is 0 Å². The van der Waals surface area contributed by atoms with E-state index >= 15 is 0 Å². The molecular formula is C40H64N2O9. The summed E-state index contributed by atoms with van der Waals surface area (Å²) in [5.74, 6) is 1.92. The zero-order chi connectivity index (χ0) is 35.5. The van der Waals surface area contributed by atoms with Gasteiger partial charge in [0.2, 0.25) is 17.5 Å². The second-order valence-corrected chi connectivity index (χ2v) is 19.0. The third-order valence-electron chi connectivity index (χ3n) is 16.1. The Kier molecular flexibility index (Phi) is 9.01. The Balaban J connectivity index is 0.990. The van der Waals surface area contributed by atoms with E-state index < -0.39 is 35.4 Å². The lowest BCUT2D eigenvalue weighted by atomic mass is 9.56. The van der Waals surface area contributed by atoms with Crippen LogP contribution in [0.1, 0.15) is 113 Å². The summed E-state index contributed by atoms with van der Waals surface area (Å²) in [5, 5.41) is 0. The number of rotatable bonds is 6. The van der Waals surface area contributed by atoms with E-state index in [2.05, 4.69) is 32.6 Å². The number of fused-ring (bicyclic) bond motifs is 4. The molecule has 17 atom stereocenters. The van der Waals surface area contributed by atoms with E-state index in [0.29, 0.717) is 53.3 Å². The topological polar surface area (TPSA) is 97.4 Å². The molecular weight excluding hydrogens is 652 g/mol. The number of carbonyl (C=O) groups excluding carboxylic acids is 1. The van der Waals surface area contributed by atoms with E-state index in [0.717, 1.165) is 84.1 Å². The van der Waals surface area contributed by atoms with Crippen molar-refractivity contribution in [1.29, 1.82) is 0 Å². The highest BCUT2D eigenvalue weighted by atomic mass is 17.3. The Labute approximate surface area is 304 Å². The zero-order valence-corrected chi connectivity index (χ0v) is 32.2. The van der Waals surface area contributed by atoms with Crippen molar-refractivity contribution in [2.75, 3.05) is 32.7 Å². The van der Waals surface area contributed by atoms with Gasteiger partial charge in [0.1, 0.15) is 0 Å². The lowest BCUT2D eigenvalue weighted by Gasteiger charge is -2.61. The third-order valence-corrected chi connectivity index (χ3v) is 16.1. The zero-order valence-electron chi connectivity index (χ0n) is 32.2. The lowest BCUT2D eigenvalue weighted by molar-refractivity contribution is -0.571. The minimum Gasteiger partial charge on any atom is -0.346 e. The van der Waals surface area contributed by atoms with Gasteiger partial charge >= 0.3 is 0 Å². The van der Waals surface area contributed by atoms with Crippen molar-refractivity contribution in [2.24, 2.45) is 53.3 Å². The first-order valence-electron chi connectivity index (χ1n) is 20.7. The van der Waals surface area contributed by atoms with Gasteiger partial charge in [-0.2, -0.15) is 0 Å². The largest absolute Gasteiger partial charge is 0.346 e. The van der Waals surface area contributed by atoms with Crippen LogP contribution >= 0.6 is 0 Å². The normalized spacial score (nSPS) is 54.2. The van der Waals surface area contributed by atoms with E-state index in [1.54, 1.807) is 6.92 Å². The number of hydrogen-bond donors (Lipinski definition) is 0. The van der Waals surface area contributed by atoms with Crippen molar-refractivity contribution >= 4 is 5.91 Å². The Morgan fingerprint density at radius 3 is 1.57 bits per heavy atom. The van der Waals surface area contributed by atoms with E-state index in [-0.39, 0.29) is 18.1 Å². The molecule has 2 aliphatic carbocycles. The number of amides is 1. The number of carbonyl (C=O) groups is 1. The van der Waals surface area contributed by atoms with E-state index in [1.165, 1.54) is 12.8 Å².